The average Bonchev–Trinajstić information content (AvgIpc) is 2.72. The number of carbonyl (C=O) groups excluding carboxylic acids is 1. The largest absolute Gasteiger partial charge is 0.497 e. The molecule has 1 aliphatic heterocycles. The molecule has 2 aromatic carbocycles. The normalized spacial score (nSPS) is 20.2. The minimum absolute atomic E-state index is 0.127. The third kappa shape index (κ3) is 4.79. The molecule has 7 heteroatoms. The number of hydrogen-bond donors (Lipinski definition) is 1. The van der Waals surface area contributed by atoms with Crippen LogP contribution in [0, 0.1) is 12.3 Å². The summed E-state index contributed by atoms with van der Waals surface area (Å²) in [7, 11) is -2.02. The van der Waals surface area contributed by atoms with Crippen LogP contribution in [-0.2, 0) is 21.4 Å². The number of carbonyl (C=O) groups is 1. The third-order valence-electron chi connectivity index (χ3n) is 5.45. The van der Waals surface area contributed by atoms with Gasteiger partial charge in [0, 0.05) is 19.6 Å². The zero-order valence-electron chi connectivity index (χ0n) is 17.1. The zero-order chi connectivity index (χ0) is 21.1. The Kier molecular flexibility index (Phi) is 6.29. The first-order chi connectivity index (χ1) is 13.7. The molecule has 1 amide bonds. The maximum atomic E-state index is 13.1. The summed E-state index contributed by atoms with van der Waals surface area (Å²) in [6.07, 6.45) is 1.30. The van der Waals surface area contributed by atoms with Gasteiger partial charge < -0.3 is 10.1 Å². The second-order valence-corrected chi connectivity index (χ2v) is 9.79. The summed E-state index contributed by atoms with van der Waals surface area (Å²) in [6, 6.07) is 14.4. The van der Waals surface area contributed by atoms with Crippen molar-refractivity contribution in [3.8, 4) is 5.75 Å². The van der Waals surface area contributed by atoms with Crippen molar-refractivity contribution >= 4 is 15.9 Å². The lowest BCUT2D eigenvalue weighted by Gasteiger charge is -2.38. The zero-order valence-corrected chi connectivity index (χ0v) is 18.0. The van der Waals surface area contributed by atoms with Crippen LogP contribution in [0.2, 0.25) is 0 Å². The Morgan fingerprint density at radius 2 is 1.93 bits per heavy atom. The first-order valence-electron chi connectivity index (χ1n) is 9.73. The fourth-order valence-electron chi connectivity index (χ4n) is 3.65. The molecule has 0 aromatic heterocycles. The van der Waals surface area contributed by atoms with Crippen LogP contribution in [0.15, 0.2) is 53.4 Å². The van der Waals surface area contributed by atoms with E-state index >= 15 is 0 Å². The number of benzene rings is 2. The minimum Gasteiger partial charge on any atom is -0.497 e. The SMILES string of the molecule is COc1ccc(CNC(=O)C2(C)CCCN(S(=O)(=O)c3cccc(C)c3)C2)cc1. The van der Waals surface area contributed by atoms with Crippen LogP contribution in [0.4, 0.5) is 0 Å². The monoisotopic (exact) mass is 416 g/mol. The van der Waals surface area contributed by atoms with E-state index in [9.17, 15) is 13.2 Å². The van der Waals surface area contributed by atoms with Crippen molar-refractivity contribution in [1.29, 1.82) is 0 Å². The standard InChI is InChI=1S/C22H28N2O4S/c1-17-6-4-7-20(14-17)29(26,27)24-13-5-12-22(2,16-24)21(25)23-15-18-8-10-19(28-3)11-9-18/h4,6-11,14H,5,12-13,15-16H2,1-3H3,(H,23,25). The summed E-state index contributed by atoms with van der Waals surface area (Å²) in [5, 5.41) is 2.97. The van der Waals surface area contributed by atoms with E-state index in [1.54, 1.807) is 25.3 Å². The Labute approximate surface area is 172 Å². The number of methoxy groups -OCH3 is 1. The van der Waals surface area contributed by atoms with Gasteiger partial charge in [0.15, 0.2) is 0 Å². The van der Waals surface area contributed by atoms with E-state index in [-0.39, 0.29) is 17.3 Å². The molecule has 1 aliphatic rings. The maximum absolute atomic E-state index is 13.1. The number of piperidine rings is 1. The Hall–Kier alpha value is -2.38. The van der Waals surface area contributed by atoms with Crippen LogP contribution in [0.5, 0.6) is 5.75 Å². The molecule has 6 nitrogen and oxygen atoms in total. The summed E-state index contributed by atoms with van der Waals surface area (Å²) in [6.45, 7) is 4.71. The van der Waals surface area contributed by atoms with E-state index in [0.29, 0.717) is 25.9 Å². The molecule has 1 N–H and O–H groups in total. The van der Waals surface area contributed by atoms with Gasteiger partial charge in [-0.05, 0) is 62.1 Å². The maximum Gasteiger partial charge on any atom is 0.243 e. The Morgan fingerprint density at radius 3 is 2.59 bits per heavy atom. The van der Waals surface area contributed by atoms with Crippen LogP contribution in [-0.4, -0.2) is 38.8 Å². The lowest BCUT2D eigenvalue weighted by atomic mass is 9.82. The summed E-state index contributed by atoms with van der Waals surface area (Å²) >= 11 is 0. The van der Waals surface area contributed by atoms with Crippen molar-refractivity contribution in [1.82, 2.24) is 9.62 Å². The molecule has 2 aromatic rings. The van der Waals surface area contributed by atoms with Gasteiger partial charge in [0.2, 0.25) is 15.9 Å². The summed E-state index contributed by atoms with van der Waals surface area (Å²) < 4.78 is 32.7. The van der Waals surface area contributed by atoms with Crippen LogP contribution in [0.3, 0.4) is 0 Å². The number of ether oxygens (including phenoxy) is 1. The fourth-order valence-corrected chi connectivity index (χ4v) is 5.36. The van der Waals surface area contributed by atoms with Gasteiger partial charge >= 0.3 is 0 Å². The van der Waals surface area contributed by atoms with Crippen molar-refractivity contribution in [3.63, 3.8) is 0 Å². The molecule has 1 saturated heterocycles. The molecule has 1 atom stereocenters. The number of sulfonamides is 1. The molecule has 156 valence electrons. The Morgan fingerprint density at radius 1 is 1.21 bits per heavy atom. The molecule has 1 fully saturated rings. The van der Waals surface area contributed by atoms with E-state index in [0.717, 1.165) is 16.9 Å². The van der Waals surface area contributed by atoms with Crippen LogP contribution < -0.4 is 10.1 Å². The van der Waals surface area contributed by atoms with Gasteiger partial charge in [-0.2, -0.15) is 4.31 Å². The molecule has 3 rings (SSSR count). The van der Waals surface area contributed by atoms with Gasteiger partial charge in [-0.15, -0.1) is 0 Å². The van der Waals surface area contributed by atoms with Gasteiger partial charge in [0.1, 0.15) is 5.75 Å². The lowest BCUT2D eigenvalue weighted by molar-refractivity contribution is -0.132. The van der Waals surface area contributed by atoms with E-state index in [1.165, 1.54) is 4.31 Å². The summed E-state index contributed by atoms with van der Waals surface area (Å²) in [5.41, 5.74) is 1.09. The summed E-state index contributed by atoms with van der Waals surface area (Å²) in [5.74, 6) is 0.633. The van der Waals surface area contributed by atoms with Gasteiger partial charge in [-0.25, -0.2) is 8.42 Å². The number of aryl methyl sites for hydroxylation is 1. The highest BCUT2D eigenvalue weighted by molar-refractivity contribution is 7.89. The quantitative estimate of drug-likeness (QED) is 0.785. The van der Waals surface area contributed by atoms with E-state index in [4.69, 9.17) is 4.74 Å². The Balaban J connectivity index is 1.69. The molecule has 29 heavy (non-hydrogen) atoms. The highest BCUT2D eigenvalue weighted by Crippen LogP contribution is 2.33. The van der Waals surface area contributed by atoms with Gasteiger partial charge in [0.25, 0.3) is 0 Å². The van der Waals surface area contributed by atoms with Crippen molar-refractivity contribution in [2.45, 2.75) is 38.1 Å². The smallest absolute Gasteiger partial charge is 0.243 e. The third-order valence-corrected chi connectivity index (χ3v) is 7.29. The molecular formula is C22H28N2O4S. The van der Waals surface area contributed by atoms with Gasteiger partial charge in [-0.1, -0.05) is 24.3 Å². The van der Waals surface area contributed by atoms with Crippen LogP contribution in [0.1, 0.15) is 30.9 Å². The molecule has 0 spiro atoms. The molecular weight excluding hydrogens is 388 g/mol. The van der Waals surface area contributed by atoms with Crippen molar-refractivity contribution in [2.24, 2.45) is 5.41 Å². The number of nitrogens with zero attached hydrogens (tertiary/aromatic N) is 1. The predicted molar refractivity (Wildman–Crippen MR) is 112 cm³/mol. The topological polar surface area (TPSA) is 75.7 Å². The van der Waals surface area contributed by atoms with E-state index < -0.39 is 15.4 Å². The van der Waals surface area contributed by atoms with Crippen molar-refractivity contribution in [2.75, 3.05) is 20.2 Å². The van der Waals surface area contributed by atoms with Crippen LogP contribution in [0.25, 0.3) is 0 Å². The first kappa shape index (κ1) is 21.3. The first-order valence-corrected chi connectivity index (χ1v) is 11.2. The second kappa shape index (κ2) is 8.55. The molecule has 1 unspecified atom stereocenters. The highest BCUT2D eigenvalue weighted by atomic mass is 32.2. The molecule has 0 bridgehead atoms. The Bertz CT molecular complexity index is 973. The number of rotatable bonds is 6. The van der Waals surface area contributed by atoms with E-state index in [1.807, 2.05) is 44.2 Å². The number of hydrogen-bond acceptors (Lipinski definition) is 4. The van der Waals surface area contributed by atoms with Crippen molar-refractivity contribution < 1.29 is 17.9 Å². The predicted octanol–water partition coefficient (Wildman–Crippen LogP) is 3.11. The number of amides is 1. The average molecular weight is 417 g/mol. The van der Waals surface area contributed by atoms with Crippen molar-refractivity contribution in [3.05, 3.63) is 59.7 Å². The minimum atomic E-state index is -3.62. The highest BCUT2D eigenvalue weighted by Gasteiger charge is 2.41. The van der Waals surface area contributed by atoms with Crippen LogP contribution >= 0.6 is 0 Å². The summed E-state index contributed by atoms with van der Waals surface area (Å²) in [4.78, 5) is 13.2. The lowest BCUT2D eigenvalue weighted by Crippen LogP contribution is -2.51. The molecule has 0 radical (unpaired) electrons. The molecule has 0 aliphatic carbocycles. The second-order valence-electron chi connectivity index (χ2n) is 7.85. The van der Waals surface area contributed by atoms with Gasteiger partial charge in [-0.3, -0.25) is 4.79 Å². The van der Waals surface area contributed by atoms with Gasteiger partial charge in [0.05, 0.1) is 17.4 Å². The molecule has 0 saturated carbocycles. The fraction of sp³-hybridized carbons (Fsp3) is 0.409. The van der Waals surface area contributed by atoms with E-state index in [2.05, 4.69) is 5.32 Å². The number of nitrogens with one attached hydrogen (secondary N) is 1. The molecule has 1 heterocycles.